The van der Waals surface area contributed by atoms with Crippen LogP contribution in [0.15, 0.2) is 92.8 Å². The minimum Gasteiger partial charge on any atom is -0.870 e. The van der Waals surface area contributed by atoms with Crippen LogP contribution >= 0.6 is 0 Å². The summed E-state index contributed by atoms with van der Waals surface area (Å²) in [6.07, 6.45) is 14.4. The van der Waals surface area contributed by atoms with Gasteiger partial charge in [0.15, 0.2) is 0 Å². The van der Waals surface area contributed by atoms with Gasteiger partial charge in [0.1, 0.15) is 23.0 Å². The van der Waals surface area contributed by atoms with Crippen LogP contribution in [-0.2, 0) is 34.1 Å². The predicted octanol–water partition coefficient (Wildman–Crippen LogP) is 3.96. The van der Waals surface area contributed by atoms with E-state index in [2.05, 4.69) is 20.0 Å². The number of aliphatic imine (C=N–C) groups is 4. The molecule has 4 aromatic carbocycles. The van der Waals surface area contributed by atoms with E-state index < -0.39 is 30.5 Å². The first-order valence-corrected chi connectivity index (χ1v) is 22.0. The maximum atomic E-state index is 12.3. The first-order valence-electron chi connectivity index (χ1n) is 22.0. The second-order valence-electron chi connectivity index (χ2n) is 14.8. The zero-order chi connectivity index (χ0) is 61.3. The van der Waals surface area contributed by atoms with E-state index in [1.807, 2.05) is 0 Å². The van der Waals surface area contributed by atoms with Gasteiger partial charge in [-0.3, -0.25) is 20.0 Å². The van der Waals surface area contributed by atoms with Crippen molar-refractivity contribution in [2.24, 2.45) is 20.0 Å². The van der Waals surface area contributed by atoms with E-state index in [4.69, 9.17) is 111 Å². The van der Waals surface area contributed by atoms with Crippen LogP contribution in [0, 0.1) is 167 Å². The molecule has 476 valence electrons. The average Bonchev–Trinajstić information content (AvgIpc) is 3.37. The van der Waals surface area contributed by atoms with Crippen molar-refractivity contribution in [1.29, 1.82) is 0 Å². The summed E-state index contributed by atoms with van der Waals surface area (Å²) in [5, 5.41) is 138. The van der Waals surface area contributed by atoms with Gasteiger partial charge < -0.3 is 131 Å². The quantitative estimate of drug-likeness (QED) is 0.0838. The number of para-hydroxylation sites is 4. The molecule has 0 aromatic heterocycles. The van der Waals surface area contributed by atoms with Gasteiger partial charge in [-0.25, -0.2) is 0 Å². The van der Waals surface area contributed by atoms with Gasteiger partial charge in [0.2, 0.25) is 0 Å². The number of ether oxygens (including phenoxy) is 4. The summed E-state index contributed by atoms with van der Waals surface area (Å²) >= 11 is 0. The van der Waals surface area contributed by atoms with Gasteiger partial charge >= 0.3 is 109 Å². The van der Waals surface area contributed by atoms with Gasteiger partial charge in [0.25, 0.3) is 0 Å². The van der Waals surface area contributed by atoms with Crippen LogP contribution in [0.2, 0.25) is 0 Å². The van der Waals surface area contributed by atoms with E-state index in [-0.39, 0.29) is 156 Å². The molecular formula is C44H48Cu2Er2N10O26. The van der Waals surface area contributed by atoms with Gasteiger partial charge in [-0.15, -0.1) is 0 Å². The molecule has 2 aliphatic rings. The molecule has 0 unspecified atom stereocenters. The van der Waals surface area contributed by atoms with E-state index in [0.717, 1.165) is 51.4 Å². The number of rotatable bonds is 12. The third kappa shape index (κ3) is 41.6. The van der Waals surface area contributed by atoms with Crippen molar-refractivity contribution in [1.82, 2.24) is 0 Å². The molecule has 0 spiro atoms. The van der Waals surface area contributed by atoms with Gasteiger partial charge in [-0.2, -0.15) is 0 Å². The predicted molar refractivity (Wildman–Crippen MR) is 274 cm³/mol. The summed E-state index contributed by atoms with van der Waals surface area (Å²) in [5.41, 5.74) is 2.01. The van der Waals surface area contributed by atoms with Crippen molar-refractivity contribution in [3.05, 3.63) is 187 Å². The molecule has 36 nitrogen and oxygen atoms in total. The summed E-state index contributed by atoms with van der Waals surface area (Å²) in [6, 6.07) is 20.5. The summed E-state index contributed by atoms with van der Waals surface area (Å²) in [4.78, 5) is 68.1. The number of hydrogen-bond acceptors (Lipinski definition) is 30. The molecule has 0 bridgehead atoms. The average molecular weight is 1590 g/mol. The molecule has 0 N–H and O–H groups in total. The van der Waals surface area contributed by atoms with Crippen molar-refractivity contribution in [3.63, 3.8) is 0 Å². The van der Waals surface area contributed by atoms with Crippen molar-refractivity contribution >= 4 is 24.9 Å². The Kier molecular flexibility index (Phi) is 53.7. The monoisotopic (exact) mass is 1590 g/mol. The molecule has 40 heteroatoms. The first-order chi connectivity index (χ1) is 37.7. The number of methoxy groups -OCH3 is 4. The van der Waals surface area contributed by atoms with Crippen molar-refractivity contribution < 1.29 is 179 Å². The third-order valence-corrected chi connectivity index (χ3v) is 9.93. The zero-order valence-corrected chi connectivity index (χ0v) is 49.1. The van der Waals surface area contributed by atoms with E-state index in [9.17, 15) is 20.4 Å². The number of hydrogen-bond donors (Lipinski definition) is 0. The molecule has 2 fully saturated rings. The Bertz CT molecular complexity index is 2300. The van der Waals surface area contributed by atoms with Gasteiger partial charge in [-0.1, -0.05) is 97.2 Å². The Morgan fingerprint density at radius 1 is 0.345 bits per heavy atom. The van der Waals surface area contributed by atoms with Crippen LogP contribution < -0.4 is 39.4 Å². The van der Waals surface area contributed by atoms with E-state index in [1.54, 1.807) is 97.7 Å². The molecule has 2 saturated carbocycles. The maximum Gasteiger partial charge on any atom is 3.00 e. The van der Waals surface area contributed by atoms with E-state index in [1.165, 1.54) is 28.4 Å². The Balaban J connectivity index is -0.000000253. The first kappa shape index (κ1) is 87.9. The maximum absolute atomic E-state index is 12.3. The number of nitrogens with zero attached hydrogens (tertiary/aromatic N) is 10. The molecule has 84 heavy (non-hydrogen) atoms. The molecule has 0 heterocycles. The van der Waals surface area contributed by atoms with Crippen LogP contribution in [0.1, 0.15) is 73.6 Å². The fraction of sp³-hybridized carbons (Fsp3) is 0.364. The smallest absolute Gasteiger partial charge is 0.870 e. The summed E-state index contributed by atoms with van der Waals surface area (Å²) in [7, 11) is 5.91. The summed E-state index contributed by atoms with van der Waals surface area (Å²) in [6.45, 7) is 0. The molecule has 0 aliphatic heterocycles. The molecule has 4 atom stereocenters. The van der Waals surface area contributed by atoms with Crippen molar-refractivity contribution in [3.8, 4) is 46.0 Å². The molecule has 4 aromatic rings. The Hall–Kier alpha value is -7.31. The number of benzene rings is 4. The van der Waals surface area contributed by atoms with E-state index in [0.29, 0.717) is 45.3 Å². The second kappa shape index (κ2) is 51.3. The fourth-order valence-electron chi connectivity index (χ4n) is 6.76. The summed E-state index contributed by atoms with van der Waals surface area (Å²) < 4.78 is 20.3. The van der Waals surface area contributed by atoms with Crippen molar-refractivity contribution in [2.75, 3.05) is 28.4 Å². The molecule has 4 radical (unpaired) electrons. The van der Waals surface area contributed by atoms with Crippen LogP contribution in [0.25, 0.3) is 0 Å². The zero-order valence-electron chi connectivity index (χ0n) is 43.5. The fourth-order valence-corrected chi connectivity index (χ4v) is 6.76. The van der Waals surface area contributed by atoms with Gasteiger partial charge in [-0.05, 0) is 72.2 Å². The summed E-state index contributed by atoms with van der Waals surface area (Å²) in [5.74, 6) is 0.556. The molecule has 0 amide bonds. The van der Waals surface area contributed by atoms with Crippen LogP contribution in [0.5, 0.6) is 46.0 Å². The van der Waals surface area contributed by atoms with Gasteiger partial charge in [0.05, 0.1) is 83.1 Å². The van der Waals surface area contributed by atoms with Crippen LogP contribution in [0.3, 0.4) is 0 Å². The van der Waals surface area contributed by atoms with Gasteiger partial charge in [0, 0.05) is 24.9 Å². The standard InChI is InChI=1S/2C22H26N2O4.2Cu.2Er.6NO3/c2*1-27-19-11-5-7-15(21(19)25)13-23-17-9-3-4-10-18(17)24-14-16-8-6-12-20(28-2)22(16)26;;;;;6*2-1(3)4/h2*5-8,11-14,17-18,25-26H,3-4,9-10H2,1-2H3;;;;;;;;;;/q;;2*+2;2*+3;6*-1/p-4/t2*17-,18-;;;;;;;;;;/m11........../s1. The third-order valence-electron chi connectivity index (χ3n) is 9.93. The van der Waals surface area contributed by atoms with Crippen LogP contribution in [-0.4, -0.2) is 108 Å². The second-order valence-corrected chi connectivity index (χ2v) is 14.8. The largest absolute Gasteiger partial charge is 3.00 e. The Morgan fingerprint density at radius 3 is 0.619 bits per heavy atom. The molecule has 2 aliphatic carbocycles. The van der Waals surface area contributed by atoms with Crippen molar-refractivity contribution in [2.45, 2.75) is 75.5 Å². The Morgan fingerprint density at radius 2 is 0.488 bits per heavy atom. The normalized spacial score (nSPS) is 15.0. The molecule has 6 rings (SSSR count). The topological polar surface area (TPSA) is 576 Å². The minimum absolute atomic E-state index is 0. The minimum atomic E-state index is -1.75. The van der Waals surface area contributed by atoms with E-state index >= 15 is 0 Å². The Labute approximate surface area is 555 Å². The van der Waals surface area contributed by atoms with Crippen LogP contribution in [0.4, 0.5) is 0 Å². The SMILES string of the molecule is COc1cccc(C=N[C@@H]2CCCC[C@H]2N=Cc2cccc(OC)c2[O-])c1[O-].COc1cccc(C=N[C@@H]2CCCC[C@H]2N=Cc2cccc(OC)c2[O-])c1[O-].O=[N+]([O-])[O-].O=[N+]([O-])[O-].O=[N+]([O-])[O-].O=[N+]([O-])[O-].O=[N+]([O-])[O-].O=[N+]([O-])[O-].[Cu+2].[Cu+2].[Er+3].[Er+3]. The molecular weight excluding hydrogens is 1550 g/mol. The molecule has 0 saturated heterocycles.